The molecule has 1 aromatic heterocycles. The van der Waals surface area contributed by atoms with Crippen LogP contribution in [0.25, 0.3) is 0 Å². The minimum Gasteiger partial charge on any atom is -0.247 e. The Morgan fingerprint density at radius 3 is 1.80 bits per heavy atom. The maximum Gasteiger partial charge on any atom is 0.336 e. The van der Waals surface area contributed by atoms with Crippen molar-refractivity contribution in [3.05, 3.63) is 56.8 Å². The number of hydrogen-bond acceptors (Lipinski definition) is 3. The first-order valence-electron chi connectivity index (χ1n) is 6.30. The van der Waals surface area contributed by atoms with Crippen LogP contribution in [-0.4, -0.2) is 25.7 Å². The molecule has 0 atom stereocenters. The summed E-state index contributed by atoms with van der Waals surface area (Å²) in [6.07, 6.45) is 5.64. The highest BCUT2D eigenvalue weighted by atomic mass is 32.2. The van der Waals surface area contributed by atoms with Gasteiger partial charge in [-0.1, -0.05) is 12.2 Å². The molecule has 0 aliphatic heterocycles. The Morgan fingerprint density at radius 2 is 1.40 bits per heavy atom. The Morgan fingerprint density at radius 1 is 0.950 bits per heavy atom. The maximum absolute atomic E-state index is 12.2. The van der Waals surface area contributed by atoms with Gasteiger partial charge in [0.2, 0.25) is 0 Å². The van der Waals surface area contributed by atoms with E-state index in [1.54, 1.807) is 0 Å². The van der Waals surface area contributed by atoms with Crippen molar-refractivity contribution in [3.8, 4) is 0 Å². The van der Waals surface area contributed by atoms with Gasteiger partial charge in [0.05, 0.1) is 19.3 Å². The second kappa shape index (κ2) is 7.74. The summed E-state index contributed by atoms with van der Waals surface area (Å²) >= 11 is 1.21. The largest absolute Gasteiger partial charge is 0.336 e. The van der Waals surface area contributed by atoms with E-state index in [0.717, 1.165) is 19.5 Å². The van der Waals surface area contributed by atoms with Gasteiger partial charge in [-0.25, -0.2) is 28.1 Å². The lowest BCUT2D eigenvalue weighted by Crippen LogP contribution is -2.54. The second-order valence-corrected chi connectivity index (χ2v) is 5.27. The van der Waals surface area contributed by atoms with Crippen LogP contribution in [-0.2, 0) is 31.4 Å². The van der Waals surface area contributed by atoms with Gasteiger partial charge in [-0.2, -0.15) is 0 Å². The summed E-state index contributed by atoms with van der Waals surface area (Å²) in [5.74, 6) is 0.897. The van der Waals surface area contributed by atoms with Gasteiger partial charge in [-0.3, -0.25) is 0 Å². The van der Waals surface area contributed by atoms with Crippen LogP contribution in [0.15, 0.2) is 39.7 Å². The molecule has 0 aromatic carbocycles. The number of allylic oxidation sites excluding steroid dienone is 2. The summed E-state index contributed by atoms with van der Waals surface area (Å²) in [5.41, 5.74) is -1.77. The predicted octanol–water partition coefficient (Wildman–Crippen LogP) is -0.621. The Hall–Kier alpha value is -1.76. The average molecular weight is 298 g/mol. The van der Waals surface area contributed by atoms with Crippen LogP contribution in [0.5, 0.6) is 0 Å². The van der Waals surface area contributed by atoms with Gasteiger partial charge in [-0.15, -0.1) is 13.2 Å². The van der Waals surface area contributed by atoms with Crippen molar-refractivity contribution in [2.45, 2.75) is 26.1 Å². The first-order chi connectivity index (χ1) is 9.58. The lowest BCUT2D eigenvalue weighted by molar-refractivity contribution is 0.476. The monoisotopic (exact) mass is 298 g/mol. The van der Waals surface area contributed by atoms with E-state index in [-0.39, 0.29) is 13.1 Å². The molecular formula is C13H20N3O3S+. The van der Waals surface area contributed by atoms with Gasteiger partial charge in [0.25, 0.3) is 0 Å². The molecule has 1 rings (SSSR count). The van der Waals surface area contributed by atoms with Crippen molar-refractivity contribution >= 4 is 11.8 Å². The fourth-order valence-electron chi connectivity index (χ4n) is 1.83. The molecule has 0 saturated heterocycles. The molecule has 110 valence electrons. The molecule has 0 bridgehead atoms. The third kappa shape index (κ3) is 3.41. The average Bonchev–Trinajstić information content (AvgIpc) is 2.43. The van der Waals surface area contributed by atoms with Crippen molar-refractivity contribution in [1.29, 1.82) is 0 Å². The van der Waals surface area contributed by atoms with Crippen LogP contribution >= 0.6 is 0 Å². The fourth-order valence-corrected chi connectivity index (χ4v) is 2.29. The van der Waals surface area contributed by atoms with E-state index < -0.39 is 17.1 Å². The standard InChI is InChI=1S/C13H19N3O3S/c1-4-7-14-11(17)15(8-5-2)13(19)16(12(14)18)9-6-10-20-3/h4-5H,1-2,6-10H2,3H3/p+1. The number of rotatable bonds is 8. The Bertz CT molecular complexity index is 606. The van der Waals surface area contributed by atoms with Gasteiger partial charge in [0.1, 0.15) is 5.75 Å². The van der Waals surface area contributed by atoms with E-state index >= 15 is 0 Å². The first-order valence-corrected chi connectivity index (χ1v) is 7.83. The number of nitrogens with zero attached hydrogens (tertiary/aromatic N) is 3. The molecule has 0 fully saturated rings. The lowest BCUT2D eigenvalue weighted by atomic mass is 10.4. The summed E-state index contributed by atoms with van der Waals surface area (Å²) in [5, 5.41) is 0. The van der Waals surface area contributed by atoms with Crippen LogP contribution in [0.2, 0.25) is 0 Å². The van der Waals surface area contributed by atoms with Crippen LogP contribution in [0, 0.1) is 0 Å². The van der Waals surface area contributed by atoms with E-state index in [4.69, 9.17) is 0 Å². The molecule has 0 spiro atoms. The zero-order chi connectivity index (χ0) is 15.1. The molecule has 7 heteroatoms. The van der Waals surface area contributed by atoms with Crippen molar-refractivity contribution in [2.75, 3.05) is 12.0 Å². The molecule has 6 nitrogen and oxygen atoms in total. The predicted molar refractivity (Wildman–Crippen MR) is 83.8 cm³/mol. The van der Waals surface area contributed by atoms with E-state index in [2.05, 4.69) is 13.2 Å². The highest BCUT2D eigenvalue weighted by Crippen LogP contribution is 1.85. The smallest absolute Gasteiger partial charge is 0.247 e. The van der Waals surface area contributed by atoms with Crippen LogP contribution in [0.3, 0.4) is 0 Å². The molecule has 0 radical (unpaired) electrons. The first kappa shape index (κ1) is 16.3. The third-order valence-corrected chi connectivity index (χ3v) is 3.54. The quantitative estimate of drug-likeness (QED) is 0.278. The molecule has 0 aliphatic rings. The third-order valence-electron chi connectivity index (χ3n) is 2.77. The fraction of sp³-hybridized carbons (Fsp3) is 0.462. The number of aromatic nitrogens is 3. The minimum absolute atomic E-state index is 0.0844. The van der Waals surface area contributed by atoms with Crippen molar-refractivity contribution in [1.82, 2.24) is 13.7 Å². The number of thiol groups is 1. The minimum atomic E-state index is -0.621. The van der Waals surface area contributed by atoms with Gasteiger partial charge in [-0.05, 0) is 11.8 Å². The molecule has 1 heterocycles. The van der Waals surface area contributed by atoms with Crippen LogP contribution in [0.1, 0.15) is 6.42 Å². The van der Waals surface area contributed by atoms with Crippen LogP contribution < -0.4 is 17.1 Å². The maximum atomic E-state index is 12.2. The summed E-state index contributed by atoms with van der Waals surface area (Å²) in [6.45, 7) is 7.53. The van der Waals surface area contributed by atoms with Crippen LogP contribution in [0.4, 0.5) is 0 Å². The normalized spacial score (nSPS) is 10.4. The molecular weight excluding hydrogens is 278 g/mol. The van der Waals surface area contributed by atoms with E-state index in [1.165, 1.54) is 23.9 Å². The molecule has 0 N–H and O–H groups in total. The molecule has 1 aromatic rings. The van der Waals surface area contributed by atoms with Crippen molar-refractivity contribution in [2.24, 2.45) is 0 Å². The Kier molecular flexibility index (Phi) is 6.30. The van der Waals surface area contributed by atoms with Gasteiger partial charge >= 0.3 is 17.1 Å². The lowest BCUT2D eigenvalue weighted by Gasteiger charge is -2.11. The molecule has 0 saturated carbocycles. The highest BCUT2D eigenvalue weighted by molar-refractivity contribution is 7.77. The highest BCUT2D eigenvalue weighted by Gasteiger charge is 2.13. The topological polar surface area (TPSA) is 66.0 Å². The molecule has 20 heavy (non-hydrogen) atoms. The van der Waals surface area contributed by atoms with E-state index in [9.17, 15) is 14.4 Å². The summed E-state index contributed by atoms with van der Waals surface area (Å²) in [6, 6.07) is 0. The van der Waals surface area contributed by atoms with E-state index in [0.29, 0.717) is 13.0 Å². The Balaban J connectivity index is 3.45. The Labute approximate surface area is 121 Å². The second-order valence-electron chi connectivity index (χ2n) is 4.19. The zero-order valence-corrected chi connectivity index (χ0v) is 12.5. The molecule has 0 aliphatic carbocycles. The SMILES string of the molecule is C=CCn1c(=O)n(CC=C)c(=O)n(CCC[SH+]C)c1=O. The van der Waals surface area contributed by atoms with Gasteiger partial charge in [0.15, 0.2) is 0 Å². The number of hydrogen-bond donors (Lipinski definition) is 0. The summed E-state index contributed by atoms with van der Waals surface area (Å²) in [7, 11) is 0. The summed E-state index contributed by atoms with van der Waals surface area (Å²) < 4.78 is 3.14. The summed E-state index contributed by atoms with van der Waals surface area (Å²) in [4.78, 5) is 36.5. The molecule has 0 amide bonds. The van der Waals surface area contributed by atoms with Crippen molar-refractivity contribution < 1.29 is 0 Å². The van der Waals surface area contributed by atoms with E-state index in [1.807, 2.05) is 6.26 Å². The molecule has 0 unspecified atom stereocenters. The van der Waals surface area contributed by atoms with Gasteiger partial charge in [0, 0.05) is 13.0 Å². The van der Waals surface area contributed by atoms with Gasteiger partial charge < -0.3 is 0 Å². The van der Waals surface area contributed by atoms with Crippen molar-refractivity contribution in [3.63, 3.8) is 0 Å². The zero-order valence-electron chi connectivity index (χ0n) is 11.6.